The zero-order chi connectivity index (χ0) is 17.9. The van der Waals surface area contributed by atoms with E-state index in [9.17, 15) is 4.39 Å². The van der Waals surface area contributed by atoms with Crippen LogP contribution >= 0.6 is 0 Å². The quantitative estimate of drug-likeness (QED) is 0.543. The number of benzene rings is 2. The third-order valence-corrected chi connectivity index (χ3v) is 4.22. The minimum Gasteiger partial charge on any atom is -0.361 e. The van der Waals surface area contributed by atoms with Crippen molar-refractivity contribution in [2.75, 3.05) is 0 Å². The fourth-order valence-electron chi connectivity index (χ4n) is 2.77. The Bertz CT molecular complexity index is 1000. The number of halogens is 1. The van der Waals surface area contributed by atoms with Gasteiger partial charge < -0.3 is 4.52 Å². The minimum atomic E-state index is -0.269. The Hall–Kier alpha value is -3.28. The molecule has 4 aromatic rings. The van der Waals surface area contributed by atoms with Crippen LogP contribution in [-0.4, -0.2) is 20.2 Å². The molecule has 0 N–H and O–H groups in total. The van der Waals surface area contributed by atoms with Gasteiger partial charge in [-0.15, -0.1) is 5.10 Å². The van der Waals surface area contributed by atoms with Gasteiger partial charge in [0.2, 0.25) is 0 Å². The van der Waals surface area contributed by atoms with Gasteiger partial charge in [-0.1, -0.05) is 28.1 Å². The van der Waals surface area contributed by atoms with Crippen molar-refractivity contribution in [3.8, 4) is 16.9 Å². The molecule has 5 nitrogen and oxygen atoms in total. The molecule has 0 fully saturated rings. The molecule has 130 valence electrons. The summed E-state index contributed by atoms with van der Waals surface area (Å²) >= 11 is 0. The van der Waals surface area contributed by atoms with E-state index in [0.717, 1.165) is 29.1 Å². The molecule has 0 aliphatic heterocycles. The van der Waals surface area contributed by atoms with Gasteiger partial charge in [-0.25, -0.2) is 9.07 Å². The van der Waals surface area contributed by atoms with E-state index in [1.54, 1.807) is 18.3 Å². The molecule has 0 saturated heterocycles. The molecule has 0 bridgehead atoms. The van der Waals surface area contributed by atoms with Crippen molar-refractivity contribution in [3.05, 3.63) is 83.6 Å². The lowest BCUT2D eigenvalue weighted by atomic mass is 10.1. The van der Waals surface area contributed by atoms with Crippen molar-refractivity contribution < 1.29 is 8.91 Å². The van der Waals surface area contributed by atoms with Crippen molar-refractivity contribution >= 4 is 0 Å². The van der Waals surface area contributed by atoms with E-state index in [1.807, 2.05) is 35.0 Å². The second kappa shape index (κ2) is 6.92. The number of hydrogen-bond donors (Lipinski definition) is 0. The minimum absolute atomic E-state index is 0.269. The Kier molecular flexibility index (Phi) is 4.31. The zero-order valence-corrected chi connectivity index (χ0v) is 14.3. The highest BCUT2D eigenvalue weighted by Crippen LogP contribution is 2.20. The molecule has 0 saturated carbocycles. The van der Waals surface area contributed by atoms with E-state index in [0.29, 0.717) is 12.1 Å². The highest BCUT2D eigenvalue weighted by Gasteiger charge is 2.10. The van der Waals surface area contributed by atoms with Gasteiger partial charge >= 0.3 is 0 Å². The van der Waals surface area contributed by atoms with Gasteiger partial charge in [0.05, 0.1) is 17.6 Å². The summed E-state index contributed by atoms with van der Waals surface area (Å²) in [5.41, 5.74) is 4.70. The van der Waals surface area contributed by atoms with Crippen molar-refractivity contribution in [1.82, 2.24) is 20.2 Å². The SMILES string of the molecule is Cc1ccc(-n2nncc2CCc2cc(-c3ccc(F)cc3)no2)cc1. The van der Waals surface area contributed by atoms with Crippen molar-refractivity contribution in [2.45, 2.75) is 19.8 Å². The summed E-state index contributed by atoms with van der Waals surface area (Å²) in [6, 6.07) is 16.2. The fourth-order valence-corrected chi connectivity index (χ4v) is 2.77. The average Bonchev–Trinajstić information content (AvgIpc) is 3.30. The van der Waals surface area contributed by atoms with Crippen LogP contribution in [0.4, 0.5) is 4.39 Å². The van der Waals surface area contributed by atoms with Crippen LogP contribution in [0.3, 0.4) is 0 Å². The van der Waals surface area contributed by atoms with E-state index in [4.69, 9.17) is 4.52 Å². The molecule has 0 radical (unpaired) electrons. The topological polar surface area (TPSA) is 56.7 Å². The zero-order valence-electron chi connectivity index (χ0n) is 14.3. The van der Waals surface area contributed by atoms with Crippen LogP contribution in [0.5, 0.6) is 0 Å². The summed E-state index contributed by atoms with van der Waals surface area (Å²) in [6.45, 7) is 2.05. The van der Waals surface area contributed by atoms with E-state index in [1.165, 1.54) is 17.7 Å². The molecule has 0 spiro atoms. The highest BCUT2D eigenvalue weighted by atomic mass is 19.1. The largest absolute Gasteiger partial charge is 0.361 e. The Morgan fingerprint density at radius 2 is 1.77 bits per heavy atom. The lowest BCUT2D eigenvalue weighted by Gasteiger charge is -2.05. The standard InChI is InChI=1S/C20H17FN4O/c1-14-2-8-17(9-3-14)25-18(13-22-24-25)10-11-19-12-20(23-26-19)15-4-6-16(21)7-5-15/h2-9,12-13H,10-11H2,1H3. The molecular formula is C20H17FN4O. The molecule has 0 unspecified atom stereocenters. The van der Waals surface area contributed by atoms with Gasteiger partial charge in [0, 0.05) is 18.1 Å². The lowest BCUT2D eigenvalue weighted by molar-refractivity contribution is 0.384. The molecule has 2 aromatic heterocycles. The molecular weight excluding hydrogens is 331 g/mol. The van der Waals surface area contributed by atoms with Crippen molar-refractivity contribution in [3.63, 3.8) is 0 Å². The predicted octanol–water partition coefficient (Wildman–Crippen LogP) is 4.16. The van der Waals surface area contributed by atoms with Gasteiger partial charge in [-0.3, -0.25) is 0 Å². The van der Waals surface area contributed by atoms with Gasteiger partial charge in [0.25, 0.3) is 0 Å². The van der Waals surface area contributed by atoms with Crippen LogP contribution < -0.4 is 0 Å². The van der Waals surface area contributed by atoms with Crippen LogP contribution in [0.25, 0.3) is 16.9 Å². The Morgan fingerprint density at radius 1 is 1.00 bits per heavy atom. The fraction of sp³-hybridized carbons (Fsp3) is 0.150. The Balaban J connectivity index is 1.48. The molecule has 0 amide bonds. The first-order chi connectivity index (χ1) is 12.7. The van der Waals surface area contributed by atoms with E-state index in [-0.39, 0.29) is 5.82 Å². The third kappa shape index (κ3) is 3.39. The summed E-state index contributed by atoms with van der Waals surface area (Å²) in [5, 5.41) is 12.3. The van der Waals surface area contributed by atoms with Crippen LogP contribution in [-0.2, 0) is 12.8 Å². The molecule has 6 heteroatoms. The second-order valence-electron chi connectivity index (χ2n) is 6.16. The van der Waals surface area contributed by atoms with Gasteiger partial charge in [-0.05, 0) is 49.7 Å². The summed E-state index contributed by atoms with van der Waals surface area (Å²) in [5.74, 6) is 0.496. The Morgan fingerprint density at radius 3 is 2.54 bits per heavy atom. The molecule has 0 aliphatic carbocycles. The second-order valence-corrected chi connectivity index (χ2v) is 6.16. The van der Waals surface area contributed by atoms with E-state index >= 15 is 0 Å². The number of aryl methyl sites for hydroxylation is 3. The lowest BCUT2D eigenvalue weighted by Crippen LogP contribution is -2.03. The number of aromatic nitrogens is 4. The molecule has 0 atom stereocenters. The Labute approximate surface area is 150 Å². The molecule has 2 aromatic carbocycles. The predicted molar refractivity (Wildman–Crippen MR) is 95.4 cm³/mol. The maximum absolute atomic E-state index is 13.0. The van der Waals surface area contributed by atoms with E-state index in [2.05, 4.69) is 22.4 Å². The first-order valence-electron chi connectivity index (χ1n) is 8.37. The van der Waals surface area contributed by atoms with Crippen LogP contribution in [0, 0.1) is 12.7 Å². The average molecular weight is 348 g/mol. The summed E-state index contributed by atoms with van der Waals surface area (Å²) in [7, 11) is 0. The maximum Gasteiger partial charge on any atom is 0.137 e. The smallest absolute Gasteiger partial charge is 0.137 e. The summed E-state index contributed by atoms with van der Waals surface area (Å²) in [4.78, 5) is 0. The number of rotatable bonds is 5. The normalized spacial score (nSPS) is 11.0. The molecule has 26 heavy (non-hydrogen) atoms. The van der Waals surface area contributed by atoms with Crippen LogP contribution in [0.1, 0.15) is 17.0 Å². The first kappa shape index (κ1) is 16.2. The summed E-state index contributed by atoms with van der Waals surface area (Å²) in [6.07, 6.45) is 3.16. The molecule has 2 heterocycles. The van der Waals surface area contributed by atoms with Crippen molar-refractivity contribution in [1.29, 1.82) is 0 Å². The van der Waals surface area contributed by atoms with Crippen LogP contribution in [0.2, 0.25) is 0 Å². The monoisotopic (exact) mass is 348 g/mol. The molecule has 0 aliphatic rings. The maximum atomic E-state index is 13.0. The first-order valence-corrected chi connectivity index (χ1v) is 8.37. The van der Waals surface area contributed by atoms with E-state index < -0.39 is 0 Å². The van der Waals surface area contributed by atoms with Crippen molar-refractivity contribution in [2.24, 2.45) is 0 Å². The van der Waals surface area contributed by atoms with Gasteiger partial charge in [0.1, 0.15) is 17.3 Å². The van der Waals surface area contributed by atoms with Gasteiger partial charge in [-0.2, -0.15) is 0 Å². The number of nitrogens with zero attached hydrogens (tertiary/aromatic N) is 4. The van der Waals surface area contributed by atoms with Crippen LogP contribution in [0.15, 0.2) is 65.3 Å². The molecule has 4 rings (SSSR count). The van der Waals surface area contributed by atoms with Gasteiger partial charge in [0.15, 0.2) is 0 Å². The third-order valence-electron chi connectivity index (χ3n) is 4.22. The summed E-state index contributed by atoms with van der Waals surface area (Å²) < 4.78 is 20.3. The highest BCUT2D eigenvalue weighted by molar-refractivity contribution is 5.58. The number of hydrogen-bond acceptors (Lipinski definition) is 4.